The number of rotatable bonds is 2. The molecule has 0 radical (unpaired) electrons. The maximum absolute atomic E-state index is 10.8. The van der Waals surface area contributed by atoms with Crippen molar-refractivity contribution in [1.29, 1.82) is 0 Å². The molecule has 1 N–H and O–H groups in total. The summed E-state index contributed by atoms with van der Waals surface area (Å²) in [4.78, 5) is 10.8. The van der Waals surface area contributed by atoms with E-state index >= 15 is 0 Å². The van der Waals surface area contributed by atoms with E-state index in [1.807, 2.05) is 19.1 Å². The SMILES string of the molecule is CCc1ccn2ncc(C(=O)O)c2c1. The quantitative estimate of drug-likeness (QED) is 0.782. The van der Waals surface area contributed by atoms with Crippen molar-refractivity contribution in [3.05, 3.63) is 35.7 Å². The van der Waals surface area contributed by atoms with Crippen molar-refractivity contribution in [3.8, 4) is 0 Å². The fourth-order valence-corrected chi connectivity index (χ4v) is 1.41. The van der Waals surface area contributed by atoms with Gasteiger partial charge in [0.25, 0.3) is 0 Å². The van der Waals surface area contributed by atoms with Crippen LogP contribution in [0.3, 0.4) is 0 Å². The molecule has 0 atom stereocenters. The molecule has 0 aliphatic rings. The number of fused-ring (bicyclic) bond motifs is 1. The summed E-state index contributed by atoms with van der Waals surface area (Å²) in [7, 11) is 0. The van der Waals surface area contributed by atoms with Crippen molar-refractivity contribution in [3.63, 3.8) is 0 Å². The standard InChI is InChI=1S/C10H10N2O2/c1-2-7-3-4-12-9(5-7)8(6-11-12)10(13)14/h3-6H,2H2,1H3,(H,13,14). The third kappa shape index (κ3) is 1.25. The maximum atomic E-state index is 10.8. The summed E-state index contributed by atoms with van der Waals surface area (Å²) >= 11 is 0. The Morgan fingerprint density at radius 1 is 1.64 bits per heavy atom. The van der Waals surface area contributed by atoms with Gasteiger partial charge in [0.1, 0.15) is 5.56 Å². The fraction of sp³-hybridized carbons (Fsp3) is 0.200. The summed E-state index contributed by atoms with van der Waals surface area (Å²) in [6.45, 7) is 2.03. The largest absolute Gasteiger partial charge is 0.478 e. The van der Waals surface area contributed by atoms with E-state index in [2.05, 4.69) is 5.10 Å². The molecule has 0 saturated heterocycles. The van der Waals surface area contributed by atoms with E-state index in [9.17, 15) is 4.79 Å². The molecule has 0 saturated carbocycles. The van der Waals surface area contributed by atoms with Crippen molar-refractivity contribution in [1.82, 2.24) is 9.61 Å². The molecule has 72 valence electrons. The Morgan fingerprint density at radius 3 is 3.07 bits per heavy atom. The predicted molar refractivity (Wildman–Crippen MR) is 51.5 cm³/mol. The molecule has 4 heteroatoms. The Labute approximate surface area is 80.8 Å². The van der Waals surface area contributed by atoms with E-state index in [0.717, 1.165) is 12.0 Å². The number of aromatic carboxylic acids is 1. The number of hydrogen-bond donors (Lipinski definition) is 1. The average molecular weight is 190 g/mol. The van der Waals surface area contributed by atoms with Crippen molar-refractivity contribution in [2.24, 2.45) is 0 Å². The van der Waals surface area contributed by atoms with Crippen LogP contribution in [0, 0.1) is 0 Å². The lowest BCUT2D eigenvalue weighted by Gasteiger charge is -1.98. The van der Waals surface area contributed by atoms with Gasteiger partial charge in [-0.05, 0) is 24.1 Å². The highest BCUT2D eigenvalue weighted by atomic mass is 16.4. The molecular weight excluding hydrogens is 180 g/mol. The summed E-state index contributed by atoms with van der Waals surface area (Å²) in [5.41, 5.74) is 2.01. The minimum absolute atomic E-state index is 0.250. The lowest BCUT2D eigenvalue weighted by atomic mass is 10.1. The zero-order valence-corrected chi connectivity index (χ0v) is 7.77. The minimum Gasteiger partial charge on any atom is -0.478 e. The molecule has 2 heterocycles. The van der Waals surface area contributed by atoms with Gasteiger partial charge in [-0.15, -0.1) is 0 Å². The lowest BCUT2D eigenvalue weighted by molar-refractivity contribution is 0.0699. The predicted octanol–water partition coefficient (Wildman–Crippen LogP) is 1.59. The second-order valence-electron chi connectivity index (χ2n) is 3.08. The Balaban J connectivity index is 2.69. The molecule has 2 aromatic rings. The van der Waals surface area contributed by atoms with Gasteiger partial charge < -0.3 is 5.11 Å². The van der Waals surface area contributed by atoms with Gasteiger partial charge in [-0.25, -0.2) is 9.31 Å². The lowest BCUT2D eigenvalue weighted by Crippen LogP contribution is -1.96. The Bertz CT molecular complexity index is 488. The van der Waals surface area contributed by atoms with Gasteiger partial charge >= 0.3 is 5.97 Å². The fourth-order valence-electron chi connectivity index (χ4n) is 1.41. The van der Waals surface area contributed by atoms with Crippen LogP contribution in [0.2, 0.25) is 0 Å². The average Bonchev–Trinajstić information content (AvgIpc) is 2.59. The number of aryl methyl sites for hydroxylation is 1. The van der Waals surface area contributed by atoms with Crippen molar-refractivity contribution in [2.75, 3.05) is 0 Å². The first-order valence-corrected chi connectivity index (χ1v) is 4.42. The van der Waals surface area contributed by atoms with Gasteiger partial charge in [-0.3, -0.25) is 0 Å². The van der Waals surface area contributed by atoms with Gasteiger partial charge in [-0.1, -0.05) is 6.92 Å². The van der Waals surface area contributed by atoms with Crippen LogP contribution in [0.25, 0.3) is 5.52 Å². The second kappa shape index (κ2) is 3.14. The highest BCUT2D eigenvalue weighted by Gasteiger charge is 2.10. The van der Waals surface area contributed by atoms with Gasteiger partial charge in [0.2, 0.25) is 0 Å². The van der Waals surface area contributed by atoms with Gasteiger partial charge in [-0.2, -0.15) is 5.10 Å². The normalized spacial score (nSPS) is 10.6. The van der Waals surface area contributed by atoms with Crippen molar-refractivity contribution in [2.45, 2.75) is 13.3 Å². The van der Waals surface area contributed by atoms with E-state index < -0.39 is 5.97 Å². The molecule has 0 aliphatic carbocycles. The number of carboxylic acid groups (broad SMARTS) is 1. The van der Waals surface area contributed by atoms with Crippen LogP contribution < -0.4 is 0 Å². The molecule has 4 nitrogen and oxygen atoms in total. The number of nitrogens with zero attached hydrogens (tertiary/aromatic N) is 2. The second-order valence-corrected chi connectivity index (χ2v) is 3.08. The molecule has 2 aromatic heterocycles. The zero-order chi connectivity index (χ0) is 10.1. The monoisotopic (exact) mass is 190 g/mol. The Morgan fingerprint density at radius 2 is 2.43 bits per heavy atom. The first-order valence-electron chi connectivity index (χ1n) is 4.42. The number of carbonyl (C=O) groups is 1. The van der Waals surface area contributed by atoms with Gasteiger partial charge in [0.15, 0.2) is 0 Å². The number of hydrogen-bond acceptors (Lipinski definition) is 2. The molecule has 0 bridgehead atoms. The molecule has 2 rings (SSSR count). The van der Waals surface area contributed by atoms with Crippen LogP contribution in [0.4, 0.5) is 0 Å². The highest BCUT2D eigenvalue weighted by Crippen LogP contribution is 2.12. The van der Waals surface area contributed by atoms with Crippen molar-refractivity contribution < 1.29 is 9.90 Å². The van der Waals surface area contributed by atoms with Crippen LogP contribution >= 0.6 is 0 Å². The summed E-state index contributed by atoms with van der Waals surface area (Å²) in [6.07, 6.45) is 4.04. The zero-order valence-electron chi connectivity index (χ0n) is 7.77. The van der Waals surface area contributed by atoms with E-state index in [0.29, 0.717) is 5.52 Å². The van der Waals surface area contributed by atoms with Crippen molar-refractivity contribution >= 4 is 11.5 Å². The maximum Gasteiger partial charge on any atom is 0.339 e. The molecule has 14 heavy (non-hydrogen) atoms. The summed E-state index contributed by atoms with van der Waals surface area (Å²) in [5, 5.41) is 12.8. The van der Waals surface area contributed by atoms with E-state index in [-0.39, 0.29) is 5.56 Å². The van der Waals surface area contributed by atoms with Gasteiger partial charge in [0.05, 0.1) is 11.7 Å². The minimum atomic E-state index is -0.937. The smallest absolute Gasteiger partial charge is 0.339 e. The third-order valence-electron chi connectivity index (χ3n) is 2.22. The number of aromatic nitrogens is 2. The third-order valence-corrected chi connectivity index (χ3v) is 2.22. The molecule has 0 spiro atoms. The number of carboxylic acids is 1. The van der Waals surface area contributed by atoms with Crippen LogP contribution in [-0.2, 0) is 6.42 Å². The molecule has 0 fully saturated rings. The summed E-state index contributed by atoms with van der Waals surface area (Å²) < 4.78 is 1.57. The highest BCUT2D eigenvalue weighted by molar-refractivity contribution is 5.95. The molecule has 0 aliphatic heterocycles. The first-order chi connectivity index (χ1) is 6.72. The van der Waals surface area contributed by atoms with Crippen LogP contribution in [0.5, 0.6) is 0 Å². The molecule has 0 unspecified atom stereocenters. The van der Waals surface area contributed by atoms with Crippen LogP contribution in [0.15, 0.2) is 24.5 Å². The first kappa shape index (κ1) is 8.74. The van der Waals surface area contributed by atoms with Crippen LogP contribution in [-0.4, -0.2) is 20.7 Å². The molecule has 0 amide bonds. The van der Waals surface area contributed by atoms with E-state index in [4.69, 9.17) is 5.11 Å². The molecular formula is C10H10N2O2. The topological polar surface area (TPSA) is 54.6 Å². The van der Waals surface area contributed by atoms with E-state index in [1.54, 1.807) is 10.7 Å². The van der Waals surface area contributed by atoms with E-state index in [1.165, 1.54) is 6.20 Å². The Hall–Kier alpha value is -1.84. The van der Waals surface area contributed by atoms with Gasteiger partial charge in [0, 0.05) is 6.20 Å². The number of pyridine rings is 1. The van der Waals surface area contributed by atoms with Crippen LogP contribution in [0.1, 0.15) is 22.8 Å². The Kier molecular flexibility index (Phi) is 1.96. The summed E-state index contributed by atoms with van der Waals surface area (Å²) in [5.74, 6) is -0.937. The molecule has 0 aromatic carbocycles. The summed E-state index contributed by atoms with van der Waals surface area (Å²) in [6, 6.07) is 3.79.